The van der Waals surface area contributed by atoms with Crippen LogP contribution in [0.15, 0.2) is 12.4 Å². The summed E-state index contributed by atoms with van der Waals surface area (Å²) >= 11 is 0. The van der Waals surface area contributed by atoms with Crippen LogP contribution in [0.25, 0.3) is 0 Å². The second-order valence-electron chi connectivity index (χ2n) is 3.56. The zero-order chi connectivity index (χ0) is 9.68. The third-order valence-corrected chi connectivity index (χ3v) is 1.87. The Balaban J connectivity index is 2.33. The second kappa shape index (κ2) is 4.92. The molecule has 0 aromatic carbocycles. The van der Waals surface area contributed by atoms with E-state index >= 15 is 0 Å². The van der Waals surface area contributed by atoms with Gasteiger partial charge in [0.1, 0.15) is 0 Å². The summed E-state index contributed by atoms with van der Waals surface area (Å²) in [6.07, 6.45) is 5.85. The van der Waals surface area contributed by atoms with Crippen LogP contribution in [-0.4, -0.2) is 35.5 Å². The van der Waals surface area contributed by atoms with Crippen molar-refractivity contribution in [1.29, 1.82) is 0 Å². The van der Waals surface area contributed by atoms with Gasteiger partial charge in [-0.05, 0) is 40.4 Å². The maximum atomic E-state index is 4.29. The number of rotatable bonds is 4. The highest BCUT2D eigenvalue weighted by Gasteiger charge is 1.96. The highest BCUT2D eigenvalue weighted by molar-refractivity contribution is 5.00. The SMILES string of the molecule is Cc1cnc(CCCN(C)C)cn1. The summed E-state index contributed by atoms with van der Waals surface area (Å²) in [5.41, 5.74) is 2.07. The van der Waals surface area contributed by atoms with Gasteiger partial charge >= 0.3 is 0 Å². The van der Waals surface area contributed by atoms with E-state index in [1.54, 1.807) is 0 Å². The molecule has 0 atom stereocenters. The van der Waals surface area contributed by atoms with Crippen LogP contribution in [0.1, 0.15) is 17.8 Å². The summed E-state index contributed by atoms with van der Waals surface area (Å²) in [5, 5.41) is 0. The predicted octanol–water partition coefficient (Wildman–Crippen LogP) is 1.28. The van der Waals surface area contributed by atoms with Gasteiger partial charge in [0, 0.05) is 12.4 Å². The lowest BCUT2D eigenvalue weighted by Gasteiger charge is -2.08. The molecule has 0 radical (unpaired) electrons. The molecule has 1 aromatic heterocycles. The summed E-state index contributed by atoms with van der Waals surface area (Å²) in [6, 6.07) is 0. The van der Waals surface area contributed by atoms with Crippen LogP contribution in [0.3, 0.4) is 0 Å². The first kappa shape index (κ1) is 10.1. The van der Waals surface area contributed by atoms with Crippen LogP contribution in [0, 0.1) is 6.92 Å². The van der Waals surface area contributed by atoms with Crippen molar-refractivity contribution in [2.45, 2.75) is 19.8 Å². The topological polar surface area (TPSA) is 29.0 Å². The molecule has 3 nitrogen and oxygen atoms in total. The minimum absolute atomic E-state index is 0.983. The first-order valence-electron chi connectivity index (χ1n) is 4.61. The highest BCUT2D eigenvalue weighted by atomic mass is 15.0. The molecule has 0 aliphatic carbocycles. The molecule has 0 bridgehead atoms. The monoisotopic (exact) mass is 179 g/mol. The van der Waals surface area contributed by atoms with Crippen LogP contribution < -0.4 is 0 Å². The van der Waals surface area contributed by atoms with Crippen molar-refractivity contribution in [1.82, 2.24) is 14.9 Å². The van der Waals surface area contributed by atoms with E-state index in [0.717, 1.165) is 30.8 Å². The van der Waals surface area contributed by atoms with Crippen LogP contribution in [0.5, 0.6) is 0 Å². The molecule has 0 aliphatic heterocycles. The summed E-state index contributed by atoms with van der Waals surface area (Å²) in [5.74, 6) is 0. The Morgan fingerprint density at radius 3 is 2.54 bits per heavy atom. The van der Waals surface area contributed by atoms with E-state index in [0.29, 0.717) is 0 Å². The Hall–Kier alpha value is -0.960. The molecule has 0 spiro atoms. The molecule has 1 heterocycles. The van der Waals surface area contributed by atoms with Crippen molar-refractivity contribution in [2.24, 2.45) is 0 Å². The lowest BCUT2D eigenvalue weighted by molar-refractivity contribution is 0.399. The first-order chi connectivity index (χ1) is 6.18. The van der Waals surface area contributed by atoms with E-state index in [2.05, 4.69) is 29.0 Å². The van der Waals surface area contributed by atoms with E-state index in [9.17, 15) is 0 Å². The van der Waals surface area contributed by atoms with Crippen LogP contribution in [0.4, 0.5) is 0 Å². The van der Waals surface area contributed by atoms with Crippen LogP contribution in [0.2, 0.25) is 0 Å². The quantitative estimate of drug-likeness (QED) is 0.697. The third kappa shape index (κ3) is 3.99. The van der Waals surface area contributed by atoms with Gasteiger partial charge in [-0.2, -0.15) is 0 Å². The van der Waals surface area contributed by atoms with E-state index in [1.807, 2.05) is 19.3 Å². The Kier molecular flexibility index (Phi) is 3.83. The highest BCUT2D eigenvalue weighted by Crippen LogP contribution is 1.98. The molecule has 0 unspecified atom stereocenters. The molecular weight excluding hydrogens is 162 g/mol. The first-order valence-corrected chi connectivity index (χ1v) is 4.61. The Morgan fingerprint density at radius 2 is 2.00 bits per heavy atom. The summed E-state index contributed by atoms with van der Waals surface area (Å²) in [4.78, 5) is 10.7. The molecule has 0 saturated carbocycles. The van der Waals surface area contributed by atoms with Crippen molar-refractivity contribution in [3.05, 3.63) is 23.8 Å². The van der Waals surface area contributed by atoms with Gasteiger partial charge < -0.3 is 4.90 Å². The zero-order valence-electron chi connectivity index (χ0n) is 8.62. The van der Waals surface area contributed by atoms with Crippen LogP contribution >= 0.6 is 0 Å². The van der Waals surface area contributed by atoms with E-state index in [4.69, 9.17) is 0 Å². The Bertz CT molecular complexity index is 241. The number of hydrogen-bond acceptors (Lipinski definition) is 3. The lowest BCUT2D eigenvalue weighted by Crippen LogP contribution is -2.13. The maximum absolute atomic E-state index is 4.29. The Labute approximate surface area is 79.8 Å². The van der Waals surface area contributed by atoms with Crippen molar-refractivity contribution in [3.63, 3.8) is 0 Å². The summed E-state index contributed by atoms with van der Waals surface area (Å²) in [6.45, 7) is 3.06. The average molecular weight is 179 g/mol. The maximum Gasteiger partial charge on any atom is 0.0587 e. The van der Waals surface area contributed by atoms with Crippen molar-refractivity contribution in [3.8, 4) is 0 Å². The summed E-state index contributed by atoms with van der Waals surface area (Å²) < 4.78 is 0. The molecule has 13 heavy (non-hydrogen) atoms. The van der Waals surface area contributed by atoms with E-state index < -0.39 is 0 Å². The van der Waals surface area contributed by atoms with Gasteiger partial charge in [-0.3, -0.25) is 9.97 Å². The minimum Gasteiger partial charge on any atom is -0.309 e. The molecule has 1 rings (SSSR count). The molecule has 0 saturated heterocycles. The van der Waals surface area contributed by atoms with Crippen LogP contribution in [-0.2, 0) is 6.42 Å². The number of nitrogens with zero attached hydrogens (tertiary/aromatic N) is 3. The number of aryl methyl sites for hydroxylation is 2. The Morgan fingerprint density at radius 1 is 1.23 bits per heavy atom. The van der Waals surface area contributed by atoms with E-state index in [-0.39, 0.29) is 0 Å². The van der Waals surface area contributed by atoms with Gasteiger partial charge in [0.15, 0.2) is 0 Å². The molecule has 0 aliphatic rings. The summed E-state index contributed by atoms with van der Waals surface area (Å²) in [7, 11) is 4.17. The zero-order valence-corrected chi connectivity index (χ0v) is 8.62. The third-order valence-electron chi connectivity index (χ3n) is 1.87. The number of aromatic nitrogens is 2. The van der Waals surface area contributed by atoms with Gasteiger partial charge in [0.25, 0.3) is 0 Å². The van der Waals surface area contributed by atoms with Crippen molar-refractivity contribution in [2.75, 3.05) is 20.6 Å². The number of hydrogen-bond donors (Lipinski definition) is 0. The largest absolute Gasteiger partial charge is 0.309 e. The van der Waals surface area contributed by atoms with Gasteiger partial charge in [-0.1, -0.05) is 0 Å². The standard InChI is InChI=1S/C10H17N3/c1-9-7-12-10(8-11-9)5-4-6-13(2)3/h7-8H,4-6H2,1-3H3. The fraction of sp³-hybridized carbons (Fsp3) is 0.600. The van der Waals surface area contributed by atoms with Gasteiger partial charge in [-0.25, -0.2) is 0 Å². The average Bonchev–Trinajstić information content (AvgIpc) is 2.08. The molecular formula is C10H17N3. The second-order valence-corrected chi connectivity index (χ2v) is 3.56. The molecule has 0 fully saturated rings. The molecule has 3 heteroatoms. The fourth-order valence-electron chi connectivity index (χ4n) is 1.12. The molecule has 0 N–H and O–H groups in total. The predicted molar refractivity (Wildman–Crippen MR) is 53.6 cm³/mol. The van der Waals surface area contributed by atoms with Gasteiger partial charge in [-0.15, -0.1) is 0 Å². The van der Waals surface area contributed by atoms with Crippen molar-refractivity contribution < 1.29 is 0 Å². The molecule has 1 aromatic rings. The van der Waals surface area contributed by atoms with Gasteiger partial charge in [0.05, 0.1) is 11.4 Å². The smallest absolute Gasteiger partial charge is 0.0587 e. The van der Waals surface area contributed by atoms with E-state index in [1.165, 1.54) is 0 Å². The fourth-order valence-corrected chi connectivity index (χ4v) is 1.12. The molecule has 0 amide bonds. The normalized spacial score (nSPS) is 10.8. The molecule has 72 valence electrons. The van der Waals surface area contributed by atoms with Gasteiger partial charge in [0.2, 0.25) is 0 Å². The minimum atomic E-state index is 0.983. The lowest BCUT2D eigenvalue weighted by atomic mass is 10.2. The van der Waals surface area contributed by atoms with Crippen molar-refractivity contribution >= 4 is 0 Å².